The normalized spacial score (nSPS) is 13.5. The predicted octanol–water partition coefficient (Wildman–Crippen LogP) is -0.578. The van der Waals surface area contributed by atoms with E-state index in [4.69, 9.17) is 0 Å². The van der Waals surface area contributed by atoms with Crippen molar-refractivity contribution >= 4 is 20.8 Å². The van der Waals surface area contributed by atoms with Crippen LogP contribution in [0.15, 0.2) is 28.2 Å². The molecule has 96 valence electrons. The minimum absolute atomic E-state index is 0.163. The van der Waals surface area contributed by atoms with Gasteiger partial charge in [0.25, 0.3) is 0 Å². The van der Waals surface area contributed by atoms with Crippen molar-refractivity contribution < 1.29 is 12.6 Å². The predicted molar refractivity (Wildman–Crippen MR) is 65.8 cm³/mol. The number of rotatable bonds is 6. The van der Waals surface area contributed by atoms with Gasteiger partial charge in [-0.1, -0.05) is 0 Å². The number of aromatic nitrogens is 1. The maximum Gasteiger partial charge on any atom is 0.245 e. The third-order valence-electron chi connectivity index (χ3n) is 1.98. The first kappa shape index (κ1) is 14.1. The molecule has 0 radical (unpaired) electrons. The Labute approximate surface area is 102 Å². The zero-order chi connectivity index (χ0) is 12.9. The molecule has 0 saturated heterocycles. The maximum atomic E-state index is 11.7. The first-order valence-corrected chi connectivity index (χ1v) is 8.11. The van der Waals surface area contributed by atoms with E-state index in [-0.39, 0.29) is 11.4 Å². The molecule has 1 rings (SSSR count). The molecule has 0 saturated carbocycles. The van der Waals surface area contributed by atoms with Gasteiger partial charge in [0.2, 0.25) is 15.5 Å². The zero-order valence-corrected chi connectivity index (χ0v) is 10.9. The fourth-order valence-corrected chi connectivity index (χ4v) is 2.85. The van der Waals surface area contributed by atoms with E-state index < -0.39 is 26.3 Å². The van der Waals surface area contributed by atoms with E-state index in [9.17, 15) is 17.4 Å². The molecule has 0 bridgehead atoms. The molecule has 1 atom stereocenters. The maximum absolute atomic E-state index is 11.7. The van der Waals surface area contributed by atoms with Gasteiger partial charge in [0.15, 0.2) is 0 Å². The summed E-state index contributed by atoms with van der Waals surface area (Å²) >= 11 is 0. The Kier molecular flexibility index (Phi) is 5.03. The second-order valence-electron chi connectivity index (χ2n) is 3.40. The van der Waals surface area contributed by atoms with Crippen molar-refractivity contribution in [3.05, 3.63) is 28.7 Å². The van der Waals surface area contributed by atoms with E-state index in [0.29, 0.717) is 12.2 Å². The number of pyridine rings is 1. The number of H-pyrrole nitrogens is 1. The Morgan fingerprint density at radius 1 is 1.47 bits per heavy atom. The summed E-state index contributed by atoms with van der Waals surface area (Å²) in [4.78, 5) is 13.6. The van der Waals surface area contributed by atoms with Gasteiger partial charge in [-0.3, -0.25) is 9.00 Å². The summed E-state index contributed by atoms with van der Waals surface area (Å²) in [5, 5.41) is 0. The highest BCUT2D eigenvalue weighted by molar-refractivity contribution is 7.89. The summed E-state index contributed by atoms with van der Waals surface area (Å²) < 4.78 is 36.4. The van der Waals surface area contributed by atoms with Gasteiger partial charge in [-0.25, -0.2) is 13.1 Å². The second-order valence-corrected chi connectivity index (χ2v) is 6.69. The van der Waals surface area contributed by atoms with E-state index in [2.05, 4.69) is 9.71 Å². The molecule has 17 heavy (non-hydrogen) atoms. The minimum Gasteiger partial charge on any atom is -0.366 e. The Morgan fingerprint density at radius 2 is 2.18 bits per heavy atom. The van der Waals surface area contributed by atoms with Crippen LogP contribution in [0.5, 0.6) is 0 Å². The van der Waals surface area contributed by atoms with Crippen LogP contribution in [-0.2, 0) is 20.8 Å². The van der Waals surface area contributed by atoms with Crippen LogP contribution < -0.4 is 10.2 Å². The molecule has 0 amide bonds. The highest BCUT2D eigenvalue weighted by Crippen LogP contribution is 1.99. The van der Waals surface area contributed by atoms with Crippen LogP contribution in [0.1, 0.15) is 6.42 Å². The van der Waals surface area contributed by atoms with Crippen LogP contribution in [-0.4, -0.2) is 36.2 Å². The monoisotopic (exact) mass is 278 g/mol. The molecule has 0 aliphatic carbocycles. The summed E-state index contributed by atoms with van der Waals surface area (Å²) in [7, 11) is -4.73. The molecule has 2 N–H and O–H groups in total. The highest BCUT2D eigenvalue weighted by Gasteiger charge is 2.16. The summed E-state index contributed by atoms with van der Waals surface area (Å²) in [6, 6.07) is 1.15. The summed E-state index contributed by atoms with van der Waals surface area (Å²) in [6.45, 7) is 0.163. The lowest BCUT2D eigenvalue weighted by atomic mass is 10.5. The van der Waals surface area contributed by atoms with Crippen LogP contribution in [0.3, 0.4) is 0 Å². The van der Waals surface area contributed by atoms with Gasteiger partial charge in [0, 0.05) is 47.8 Å². The first-order chi connectivity index (χ1) is 7.93. The molecular weight excluding hydrogens is 264 g/mol. The number of hydrogen-bond donors (Lipinski definition) is 2. The molecule has 1 heterocycles. The van der Waals surface area contributed by atoms with Gasteiger partial charge in [-0.15, -0.1) is 0 Å². The molecule has 1 aromatic heterocycles. The molecule has 0 spiro atoms. The Hall–Kier alpha value is -0.990. The van der Waals surface area contributed by atoms with Crippen LogP contribution in [0.25, 0.3) is 0 Å². The van der Waals surface area contributed by atoms with Gasteiger partial charge in [0.05, 0.1) is 0 Å². The molecule has 0 aliphatic heterocycles. The Morgan fingerprint density at radius 3 is 2.76 bits per heavy atom. The highest BCUT2D eigenvalue weighted by atomic mass is 32.2. The molecule has 1 unspecified atom stereocenters. The smallest absolute Gasteiger partial charge is 0.245 e. The van der Waals surface area contributed by atoms with Crippen LogP contribution in [0.4, 0.5) is 0 Å². The Balaban J connectivity index is 2.67. The summed E-state index contributed by atoms with van der Waals surface area (Å²) in [6.07, 6.45) is 4.52. The third kappa shape index (κ3) is 4.41. The minimum atomic E-state index is -3.78. The fraction of sp³-hybridized carbons (Fsp3) is 0.444. The van der Waals surface area contributed by atoms with Gasteiger partial charge >= 0.3 is 0 Å². The van der Waals surface area contributed by atoms with Crippen LogP contribution in [0, 0.1) is 0 Å². The van der Waals surface area contributed by atoms with Gasteiger partial charge in [-0.05, 0) is 6.42 Å². The average molecular weight is 278 g/mol. The second kappa shape index (κ2) is 6.08. The lowest BCUT2D eigenvalue weighted by Crippen LogP contribution is -2.29. The topological polar surface area (TPSA) is 96.1 Å². The largest absolute Gasteiger partial charge is 0.366 e. The number of aromatic amines is 1. The number of sulfonamides is 1. The molecule has 6 nitrogen and oxygen atoms in total. The van der Waals surface area contributed by atoms with Crippen molar-refractivity contribution in [3.63, 3.8) is 0 Å². The van der Waals surface area contributed by atoms with Gasteiger partial charge < -0.3 is 4.98 Å². The van der Waals surface area contributed by atoms with E-state index in [0.717, 1.165) is 12.3 Å². The van der Waals surface area contributed by atoms with Crippen molar-refractivity contribution in [1.29, 1.82) is 0 Å². The number of nitrogens with one attached hydrogen (secondary N) is 2. The van der Waals surface area contributed by atoms with E-state index in [1.165, 1.54) is 6.20 Å². The third-order valence-corrected chi connectivity index (χ3v) is 4.32. The molecule has 0 fully saturated rings. The van der Waals surface area contributed by atoms with Gasteiger partial charge in [-0.2, -0.15) is 0 Å². The van der Waals surface area contributed by atoms with Crippen LogP contribution >= 0.6 is 0 Å². The van der Waals surface area contributed by atoms with Gasteiger partial charge in [0.1, 0.15) is 4.90 Å². The lowest BCUT2D eigenvalue weighted by molar-refractivity contribution is 0.579. The average Bonchev–Trinajstić information content (AvgIpc) is 2.24. The first-order valence-electron chi connectivity index (χ1n) is 4.90. The lowest BCUT2D eigenvalue weighted by Gasteiger charge is -2.04. The standard InChI is InChI=1S/C9H14N2O4S2/c1-16(13)6-2-4-11-17(14,15)9-7-10-5-3-8(9)12/h3,5,7,11H,2,4,6H2,1H3,(H,10,12). The van der Waals surface area contributed by atoms with Crippen molar-refractivity contribution in [3.8, 4) is 0 Å². The summed E-state index contributed by atoms with van der Waals surface area (Å²) in [5.41, 5.74) is -0.560. The number of hydrogen-bond acceptors (Lipinski definition) is 4. The molecular formula is C9H14N2O4S2. The summed E-state index contributed by atoms with van der Waals surface area (Å²) in [5.74, 6) is 0.424. The van der Waals surface area contributed by atoms with Crippen molar-refractivity contribution in [2.75, 3.05) is 18.6 Å². The molecule has 0 aromatic carbocycles. The fourth-order valence-electron chi connectivity index (χ4n) is 1.17. The Bertz CT molecular complexity index is 550. The van der Waals surface area contributed by atoms with E-state index in [1.54, 1.807) is 6.26 Å². The quantitative estimate of drug-likeness (QED) is 0.681. The molecule has 0 aliphatic rings. The van der Waals surface area contributed by atoms with Crippen molar-refractivity contribution in [2.24, 2.45) is 0 Å². The van der Waals surface area contributed by atoms with E-state index in [1.807, 2.05) is 0 Å². The van der Waals surface area contributed by atoms with E-state index >= 15 is 0 Å². The van der Waals surface area contributed by atoms with Crippen molar-refractivity contribution in [2.45, 2.75) is 11.3 Å². The molecule has 1 aromatic rings. The SMILES string of the molecule is CS(=O)CCCNS(=O)(=O)c1c[nH]ccc1=O. The zero-order valence-electron chi connectivity index (χ0n) is 9.30. The van der Waals surface area contributed by atoms with Crippen LogP contribution in [0.2, 0.25) is 0 Å². The molecule has 8 heteroatoms. The van der Waals surface area contributed by atoms with Crippen molar-refractivity contribution in [1.82, 2.24) is 9.71 Å².